The van der Waals surface area contributed by atoms with Crippen molar-refractivity contribution in [3.05, 3.63) is 53.3 Å². The van der Waals surface area contributed by atoms with E-state index in [-0.39, 0.29) is 11.9 Å². The third kappa shape index (κ3) is 3.64. The largest absolute Gasteiger partial charge is 0.377 e. The van der Waals surface area contributed by atoms with E-state index in [1.165, 1.54) is 0 Å². The highest BCUT2D eigenvalue weighted by atomic mass is 16.5. The van der Waals surface area contributed by atoms with Gasteiger partial charge in [-0.25, -0.2) is 9.67 Å². The number of nitrogens with one attached hydrogen (secondary N) is 1. The van der Waals surface area contributed by atoms with Crippen LogP contribution in [0.25, 0.3) is 11.0 Å². The molecule has 0 radical (unpaired) electrons. The van der Waals surface area contributed by atoms with Crippen LogP contribution in [-0.4, -0.2) is 27.3 Å². The van der Waals surface area contributed by atoms with E-state index in [9.17, 15) is 4.79 Å². The SMILES string of the molecule is CCOCc1ccccc1NC(=O)c1cc(C2CC2)nc2c1cnn2C(C)C. The van der Waals surface area contributed by atoms with Crippen molar-refractivity contribution in [2.45, 2.75) is 52.2 Å². The average molecular weight is 378 g/mol. The quantitative estimate of drug-likeness (QED) is 0.648. The first-order valence-electron chi connectivity index (χ1n) is 9.93. The molecule has 28 heavy (non-hydrogen) atoms. The molecule has 2 aromatic heterocycles. The van der Waals surface area contributed by atoms with E-state index >= 15 is 0 Å². The van der Waals surface area contributed by atoms with E-state index in [1.54, 1.807) is 6.20 Å². The van der Waals surface area contributed by atoms with Crippen molar-refractivity contribution in [2.75, 3.05) is 11.9 Å². The standard InChI is InChI=1S/C22H26N4O2/c1-4-28-13-16-7-5-6-8-19(16)25-22(27)17-11-20(15-9-10-15)24-21-18(17)12-23-26(21)14(2)3/h5-8,11-12,14-15H,4,9-10,13H2,1-3H3,(H,25,27). The van der Waals surface area contributed by atoms with Crippen LogP contribution >= 0.6 is 0 Å². The number of aromatic nitrogens is 3. The van der Waals surface area contributed by atoms with Crippen LogP contribution in [0.15, 0.2) is 36.5 Å². The molecule has 0 spiro atoms. The van der Waals surface area contributed by atoms with E-state index in [0.717, 1.165) is 40.8 Å². The summed E-state index contributed by atoms with van der Waals surface area (Å²) >= 11 is 0. The van der Waals surface area contributed by atoms with Crippen molar-refractivity contribution in [1.29, 1.82) is 0 Å². The first-order chi connectivity index (χ1) is 13.6. The fourth-order valence-electron chi connectivity index (χ4n) is 3.36. The van der Waals surface area contributed by atoms with Crippen molar-refractivity contribution in [3.8, 4) is 0 Å². The number of pyridine rings is 1. The number of benzene rings is 1. The number of carbonyl (C=O) groups is 1. The van der Waals surface area contributed by atoms with Gasteiger partial charge in [-0.3, -0.25) is 4.79 Å². The van der Waals surface area contributed by atoms with Crippen LogP contribution in [0.4, 0.5) is 5.69 Å². The lowest BCUT2D eigenvalue weighted by Crippen LogP contribution is -2.15. The number of amides is 1. The molecule has 1 N–H and O–H groups in total. The van der Waals surface area contributed by atoms with Crippen LogP contribution in [-0.2, 0) is 11.3 Å². The molecule has 1 aliphatic rings. The molecule has 146 valence electrons. The smallest absolute Gasteiger partial charge is 0.256 e. The summed E-state index contributed by atoms with van der Waals surface area (Å²) in [6.45, 7) is 7.20. The lowest BCUT2D eigenvalue weighted by molar-refractivity contribution is 0.102. The van der Waals surface area contributed by atoms with Gasteiger partial charge in [-0.1, -0.05) is 18.2 Å². The van der Waals surface area contributed by atoms with Gasteiger partial charge in [0.25, 0.3) is 5.91 Å². The number of hydrogen-bond donors (Lipinski definition) is 1. The maximum absolute atomic E-state index is 13.2. The van der Waals surface area contributed by atoms with E-state index < -0.39 is 0 Å². The zero-order valence-electron chi connectivity index (χ0n) is 16.6. The Bertz CT molecular complexity index is 1000. The zero-order chi connectivity index (χ0) is 19.7. The van der Waals surface area contributed by atoms with Gasteiger partial charge in [0.1, 0.15) is 0 Å². The van der Waals surface area contributed by atoms with Crippen LogP contribution in [0.5, 0.6) is 0 Å². The van der Waals surface area contributed by atoms with Gasteiger partial charge >= 0.3 is 0 Å². The molecule has 1 saturated carbocycles. The minimum atomic E-state index is -0.137. The Kier molecular flexibility index (Phi) is 5.13. The molecule has 1 fully saturated rings. The van der Waals surface area contributed by atoms with Gasteiger partial charge in [0.05, 0.1) is 23.8 Å². The summed E-state index contributed by atoms with van der Waals surface area (Å²) in [5, 5.41) is 8.34. The number of hydrogen-bond acceptors (Lipinski definition) is 4. The third-order valence-electron chi connectivity index (χ3n) is 5.04. The van der Waals surface area contributed by atoms with Gasteiger partial charge in [-0.05, 0) is 45.7 Å². The Hall–Kier alpha value is -2.73. The Morgan fingerprint density at radius 2 is 2.11 bits per heavy atom. The molecule has 4 rings (SSSR count). The first-order valence-corrected chi connectivity index (χ1v) is 9.93. The van der Waals surface area contributed by atoms with Crippen molar-refractivity contribution < 1.29 is 9.53 Å². The number of para-hydroxylation sites is 1. The predicted octanol–water partition coefficient (Wildman–Crippen LogP) is 4.68. The number of anilines is 1. The molecule has 0 saturated heterocycles. The maximum atomic E-state index is 13.2. The second-order valence-corrected chi connectivity index (χ2v) is 7.54. The van der Waals surface area contributed by atoms with Gasteiger partial charge in [-0.15, -0.1) is 0 Å². The number of ether oxygens (including phenoxy) is 1. The lowest BCUT2D eigenvalue weighted by atomic mass is 10.1. The normalized spacial score (nSPS) is 14.0. The van der Waals surface area contributed by atoms with Crippen LogP contribution < -0.4 is 5.32 Å². The monoisotopic (exact) mass is 378 g/mol. The topological polar surface area (TPSA) is 69.0 Å². The van der Waals surface area contributed by atoms with Crippen molar-refractivity contribution in [2.24, 2.45) is 0 Å². The Morgan fingerprint density at radius 1 is 1.32 bits per heavy atom. The predicted molar refractivity (Wildman–Crippen MR) is 110 cm³/mol. The van der Waals surface area contributed by atoms with Gasteiger partial charge in [0, 0.05) is 35.5 Å². The van der Waals surface area contributed by atoms with Gasteiger partial charge in [-0.2, -0.15) is 5.10 Å². The van der Waals surface area contributed by atoms with E-state index in [2.05, 4.69) is 24.3 Å². The van der Waals surface area contributed by atoms with Crippen LogP contribution in [0, 0.1) is 0 Å². The van der Waals surface area contributed by atoms with E-state index in [0.29, 0.717) is 24.7 Å². The molecule has 1 aromatic carbocycles. The molecule has 6 nitrogen and oxygen atoms in total. The second kappa shape index (κ2) is 7.72. The van der Waals surface area contributed by atoms with Gasteiger partial charge in [0.15, 0.2) is 5.65 Å². The second-order valence-electron chi connectivity index (χ2n) is 7.54. The van der Waals surface area contributed by atoms with Crippen molar-refractivity contribution in [1.82, 2.24) is 14.8 Å². The zero-order valence-corrected chi connectivity index (χ0v) is 16.6. The molecule has 0 bridgehead atoms. The number of fused-ring (bicyclic) bond motifs is 1. The highest BCUT2D eigenvalue weighted by Crippen LogP contribution is 2.40. The highest BCUT2D eigenvalue weighted by molar-refractivity contribution is 6.12. The molecule has 3 aromatic rings. The highest BCUT2D eigenvalue weighted by Gasteiger charge is 2.28. The van der Waals surface area contributed by atoms with Crippen LogP contribution in [0.3, 0.4) is 0 Å². The number of rotatable bonds is 7. The molecule has 1 amide bonds. The van der Waals surface area contributed by atoms with Gasteiger partial charge < -0.3 is 10.1 Å². The molecule has 0 atom stereocenters. The fourth-order valence-corrected chi connectivity index (χ4v) is 3.36. The molecular formula is C22H26N4O2. The average Bonchev–Trinajstić information content (AvgIpc) is 3.45. The Balaban J connectivity index is 1.71. The summed E-state index contributed by atoms with van der Waals surface area (Å²) in [5.74, 6) is 0.318. The summed E-state index contributed by atoms with van der Waals surface area (Å²) in [6.07, 6.45) is 4.01. The molecule has 2 heterocycles. The molecular weight excluding hydrogens is 352 g/mol. The molecule has 6 heteroatoms. The summed E-state index contributed by atoms with van der Waals surface area (Å²) in [6, 6.07) is 9.87. The molecule has 0 aliphatic heterocycles. The lowest BCUT2D eigenvalue weighted by Gasteiger charge is -2.13. The summed E-state index contributed by atoms with van der Waals surface area (Å²) < 4.78 is 7.42. The van der Waals surface area contributed by atoms with Crippen LogP contribution in [0.1, 0.15) is 67.2 Å². The minimum Gasteiger partial charge on any atom is -0.377 e. The molecule has 1 aliphatic carbocycles. The van der Waals surface area contributed by atoms with E-state index in [4.69, 9.17) is 9.72 Å². The van der Waals surface area contributed by atoms with E-state index in [1.807, 2.05) is 41.9 Å². The summed E-state index contributed by atoms with van der Waals surface area (Å²) in [5.41, 5.74) is 4.14. The van der Waals surface area contributed by atoms with Crippen molar-refractivity contribution >= 4 is 22.6 Å². The fraction of sp³-hybridized carbons (Fsp3) is 0.409. The minimum absolute atomic E-state index is 0.137. The van der Waals surface area contributed by atoms with Gasteiger partial charge in [0.2, 0.25) is 0 Å². The first kappa shape index (κ1) is 18.6. The van der Waals surface area contributed by atoms with Crippen LogP contribution in [0.2, 0.25) is 0 Å². The number of carbonyl (C=O) groups excluding carboxylic acids is 1. The maximum Gasteiger partial charge on any atom is 0.256 e. The summed E-state index contributed by atoms with van der Waals surface area (Å²) in [7, 11) is 0. The molecule has 0 unspecified atom stereocenters. The summed E-state index contributed by atoms with van der Waals surface area (Å²) in [4.78, 5) is 18.0. The Labute approximate surface area is 164 Å². The number of nitrogens with zero attached hydrogens (tertiary/aromatic N) is 3. The third-order valence-corrected chi connectivity index (χ3v) is 5.04. The Morgan fingerprint density at radius 3 is 2.82 bits per heavy atom. The van der Waals surface area contributed by atoms with Crippen molar-refractivity contribution in [3.63, 3.8) is 0 Å².